The molecule has 2 amide bonds. The molecule has 0 bridgehead atoms. The number of nitrogens with two attached hydrogens (primary N) is 2. The van der Waals surface area contributed by atoms with Crippen molar-refractivity contribution in [2.24, 2.45) is 11.8 Å². The summed E-state index contributed by atoms with van der Waals surface area (Å²) >= 11 is 5.90. The van der Waals surface area contributed by atoms with Crippen LogP contribution in [0.4, 0.5) is 16.4 Å². The van der Waals surface area contributed by atoms with E-state index in [2.05, 4.69) is 20.6 Å². The second kappa shape index (κ2) is 11.8. The molecule has 1 fully saturated rings. The van der Waals surface area contributed by atoms with E-state index in [9.17, 15) is 14.7 Å². The molecule has 1 aromatic carbocycles. The maximum Gasteiger partial charge on any atom is 0.407 e. The van der Waals surface area contributed by atoms with Gasteiger partial charge >= 0.3 is 6.09 Å². The number of nitrogen functional groups attached to an aromatic ring is 2. The summed E-state index contributed by atoms with van der Waals surface area (Å²) in [7, 11) is 0. The van der Waals surface area contributed by atoms with Crippen LogP contribution in [0, 0.1) is 18.8 Å². The minimum Gasteiger partial charge on any atom is -0.465 e. The number of amides is 2. The Bertz CT molecular complexity index is 1010. The van der Waals surface area contributed by atoms with E-state index in [1.807, 2.05) is 31.2 Å². The lowest BCUT2D eigenvalue weighted by molar-refractivity contribution is 0.0934. The molecular weight excluding hydrogens is 458 g/mol. The number of rotatable bonds is 9. The smallest absolute Gasteiger partial charge is 0.407 e. The Morgan fingerprint density at radius 1 is 1.24 bits per heavy atom. The number of anilines is 2. The van der Waals surface area contributed by atoms with Crippen LogP contribution < -0.4 is 22.1 Å². The maximum absolute atomic E-state index is 12.8. The summed E-state index contributed by atoms with van der Waals surface area (Å²) in [4.78, 5) is 34.1. The van der Waals surface area contributed by atoms with Crippen LogP contribution in [0.15, 0.2) is 24.3 Å². The van der Waals surface area contributed by atoms with Gasteiger partial charge in [0.2, 0.25) is 0 Å². The van der Waals surface area contributed by atoms with Gasteiger partial charge in [-0.2, -0.15) is 0 Å². The van der Waals surface area contributed by atoms with Crippen LogP contribution in [0.25, 0.3) is 0 Å². The average molecular weight is 490 g/mol. The molecule has 0 radical (unpaired) electrons. The molecule has 1 aliphatic heterocycles. The third-order valence-electron chi connectivity index (χ3n) is 6.13. The van der Waals surface area contributed by atoms with E-state index in [4.69, 9.17) is 23.1 Å². The van der Waals surface area contributed by atoms with E-state index in [1.165, 1.54) is 4.90 Å². The van der Waals surface area contributed by atoms with Crippen LogP contribution in [-0.2, 0) is 6.42 Å². The van der Waals surface area contributed by atoms with Gasteiger partial charge in [0.05, 0.1) is 0 Å². The predicted octanol–water partition coefficient (Wildman–Crippen LogP) is 2.17. The van der Waals surface area contributed by atoms with Crippen LogP contribution in [-0.4, -0.2) is 64.7 Å². The van der Waals surface area contributed by atoms with E-state index in [-0.39, 0.29) is 41.5 Å². The molecule has 10 nitrogen and oxygen atoms in total. The average Bonchev–Trinajstić information content (AvgIpc) is 2.81. The zero-order valence-corrected chi connectivity index (χ0v) is 20.0. The monoisotopic (exact) mass is 489 g/mol. The normalized spacial score (nSPS) is 15.0. The third kappa shape index (κ3) is 6.94. The number of aromatic nitrogens is 2. The minimum absolute atomic E-state index is 0.0526. The van der Waals surface area contributed by atoms with Crippen molar-refractivity contribution >= 4 is 35.2 Å². The molecule has 184 valence electrons. The van der Waals surface area contributed by atoms with E-state index >= 15 is 0 Å². The molecule has 2 aromatic rings. The minimum atomic E-state index is -0.958. The Morgan fingerprint density at radius 3 is 2.62 bits per heavy atom. The molecule has 3 rings (SSSR count). The predicted molar refractivity (Wildman–Crippen MR) is 132 cm³/mol. The summed E-state index contributed by atoms with van der Waals surface area (Å²) in [5.74, 6) is -0.558. The quantitative estimate of drug-likeness (QED) is 0.358. The first-order valence-electron chi connectivity index (χ1n) is 11.3. The van der Waals surface area contributed by atoms with Gasteiger partial charge in [0, 0.05) is 19.6 Å². The number of halogens is 1. The maximum atomic E-state index is 12.8. The lowest BCUT2D eigenvalue weighted by Gasteiger charge is -2.31. The van der Waals surface area contributed by atoms with Gasteiger partial charge in [-0.05, 0) is 62.2 Å². The van der Waals surface area contributed by atoms with Crippen molar-refractivity contribution in [2.45, 2.75) is 26.2 Å². The molecule has 1 saturated heterocycles. The summed E-state index contributed by atoms with van der Waals surface area (Å²) in [5.41, 5.74) is 13.5. The Hall–Kier alpha value is -3.11. The van der Waals surface area contributed by atoms with Crippen LogP contribution in [0.5, 0.6) is 0 Å². The van der Waals surface area contributed by atoms with Gasteiger partial charge in [0.15, 0.2) is 22.5 Å². The van der Waals surface area contributed by atoms with Crippen molar-refractivity contribution in [3.63, 3.8) is 0 Å². The van der Waals surface area contributed by atoms with E-state index < -0.39 is 12.0 Å². The van der Waals surface area contributed by atoms with Crippen molar-refractivity contribution < 1.29 is 14.7 Å². The standard InChI is InChI=1S/C23H32ClN7O3/c1-14-4-2-3-5-17(14)10-16(13-31(23(33)34)12-15-6-8-27-9-7-15)11-28-22(32)18-20(25)30-21(26)19(24)29-18/h2-5,15-16,27H,6-13H2,1H3,(H,28,32)(H,33,34)(H4,25,26,30)/t16-/m0/s1. The SMILES string of the molecule is Cc1ccccc1C[C@@H](CNC(=O)c1nc(Cl)c(N)nc1N)CN(CC1CCNCC1)C(=O)O. The number of carboxylic acid groups (broad SMARTS) is 1. The number of hydrogen-bond acceptors (Lipinski definition) is 7. The Labute approximate surface area is 204 Å². The lowest BCUT2D eigenvalue weighted by atomic mass is 9.94. The number of carbonyl (C=O) groups excluding carboxylic acids is 1. The summed E-state index contributed by atoms with van der Waals surface area (Å²) in [5, 5.41) is 15.9. The number of piperidine rings is 1. The van der Waals surface area contributed by atoms with Crippen LogP contribution >= 0.6 is 11.6 Å². The van der Waals surface area contributed by atoms with E-state index in [0.29, 0.717) is 18.9 Å². The number of nitrogens with one attached hydrogen (secondary N) is 2. The van der Waals surface area contributed by atoms with Crippen molar-refractivity contribution in [3.8, 4) is 0 Å². The van der Waals surface area contributed by atoms with Crippen molar-refractivity contribution in [1.29, 1.82) is 0 Å². The van der Waals surface area contributed by atoms with Gasteiger partial charge in [-0.3, -0.25) is 4.79 Å². The Kier molecular flexibility index (Phi) is 8.89. The molecule has 2 heterocycles. The lowest BCUT2D eigenvalue weighted by Crippen LogP contribution is -2.44. The number of carbonyl (C=O) groups is 2. The first-order chi connectivity index (χ1) is 16.2. The number of benzene rings is 1. The molecule has 7 N–H and O–H groups in total. The Balaban J connectivity index is 1.74. The van der Waals surface area contributed by atoms with Gasteiger partial charge < -0.3 is 32.1 Å². The zero-order chi connectivity index (χ0) is 24.7. The van der Waals surface area contributed by atoms with Gasteiger partial charge in [-0.25, -0.2) is 14.8 Å². The zero-order valence-electron chi connectivity index (χ0n) is 19.3. The molecule has 0 unspecified atom stereocenters. The molecule has 1 aromatic heterocycles. The highest BCUT2D eigenvalue weighted by Gasteiger charge is 2.25. The third-order valence-corrected chi connectivity index (χ3v) is 6.41. The van der Waals surface area contributed by atoms with Gasteiger partial charge in [-0.1, -0.05) is 35.9 Å². The molecule has 34 heavy (non-hydrogen) atoms. The van der Waals surface area contributed by atoms with Crippen LogP contribution in [0.1, 0.15) is 34.5 Å². The van der Waals surface area contributed by atoms with E-state index in [1.54, 1.807) is 0 Å². The van der Waals surface area contributed by atoms with Crippen LogP contribution in [0.3, 0.4) is 0 Å². The highest BCUT2D eigenvalue weighted by atomic mass is 35.5. The largest absolute Gasteiger partial charge is 0.465 e. The first kappa shape index (κ1) is 25.5. The second-order valence-electron chi connectivity index (χ2n) is 8.72. The molecule has 0 saturated carbocycles. The van der Waals surface area contributed by atoms with Gasteiger partial charge in [0.25, 0.3) is 5.91 Å². The highest BCUT2D eigenvalue weighted by molar-refractivity contribution is 6.31. The first-order valence-corrected chi connectivity index (χ1v) is 11.7. The number of aryl methyl sites for hydroxylation is 1. The molecule has 0 aliphatic carbocycles. The van der Waals surface area contributed by atoms with Crippen molar-refractivity contribution in [1.82, 2.24) is 25.5 Å². The molecular formula is C23H32ClN7O3. The summed E-state index contributed by atoms with van der Waals surface area (Å²) in [6, 6.07) is 7.95. The molecule has 1 atom stereocenters. The summed E-state index contributed by atoms with van der Waals surface area (Å²) in [6.45, 7) is 4.80. The molecule has 11 heteroatoms. The van der Waals surface area contributed by atoms with Crippen molar-refractivity contribution in [3.05, 3.63) is 46.2 Å². The molecule has 1 aliphatic rings. The van der Waals surface area contributed by atoms with Gasteiger partial charge in [0.1, 0.15) is 0 Å². The Morgan fingerprint density at radius 2 is 1.94 bits per heavy atom. The summed E-state index contributed by atoms with van der Waals surface area (Å²) < 4.78 is 0. The fourth-order valence-electron chi connectivity index (χ4n) is 4.20. The number of hydrogen-bond donors (Lipinski definition) is 5. The fourth-order valence-corrected chi connectivity index (χ4v) is 4.33. The van der Waals surface area contributed by atoms with E-state index in [0.717, 1.165) is 37.1 Å². The summed E-state index contributed by atoms with van der Waals surface area (Å²) in [6.07, 6.45) is 1.53. The second-order valence-corrected chi connectivity index (χ2v) is 9.08. The molecule has 0 spiro atoms. The fraction of sp³-hybridized carbons (Fsp3) is 0.478. The van der Waals surface area contributed by atoms with Crippen molar-refractivity contribution in [2.75, 3.05) is 44.2 Å². The topological polar surface area (TPSA) is 159 Å². The number of nitrogens with zero attached hydrogens (tertiary/aromatic N) is 3. The van der Waals surface area contributed by atoms with Crippen LogP contribution in [0.2, 0.25) is 5.15 Å². The highest BCUT2D eigenvalue weighted by Crippen LogP contribution is 2.20. The van der Waals surface area contributed by atoms with Gasteiger partial charge in [-0.15, -0.1) is 0 Å².